The second kappa shape index (κ2) is 7.40. The van der Waals surface area contributed by atoms with Gasteiger partial charge in [-0.1, -0.05) is 0 Å². The van der Waals surface area contributed by atoms with Crippen molar-refractivity contribution >= 4 is 23.4 Å². The fourth-order valence-corrected chi connectivity index (χ4v) is 2.18. The van der Waals surface area contributed by atoms with E-state index in [1.54, 1.807) is 19.4 Å². The Balaban J connectivity index is 2.48. The van der Waals surface area contributed by atoms with Gasteiger partial charge in [-0.3, -0.25) is 0 Å². The first-order chi connectivity index (χ1) is 9.73. The molecule has 0 atom stereocenters. The molecule has 0 radical (unpaired) electrons. The van der Waals surface area contributed by atoms with Gasteiger partial charge < -0.3 is 14.4 Å². The van der Waals surface area contributed by atoms with Gasteiger partial charge in [0.1, 0.15) is 5.60 Å². The van der Waals surface area contributed by atoms with Crippen LogP contribution in [0, 0.1) is 0 Å². The molecule has 21 heavy (non-hydrogen) atoms. The largest absolute Gasteiger partial charge is 0.461 e. The number of esters is 1. The summed E-state index contributed by atoms with van der Waals surface area (Å²) < 4.78 is 10.1. The average molecular weight is 314 g/mol. The second-order valence-corrected chi connectivity index (χ2v) is 6.44. The fraction of sp³-hybridized carbons (Fsp3) is 0.643. The Kier molecular flexibility index (Phi) is 6.14. The molecule has 6 nitrogen and oxygen atoms in total. The quantitative estimate of drug-likeness (QED) is 0.782. The summed E-state index contributed by atoms with van der Waals surface area (Å²) in [5.41, 5.74) is -0.194. The van der Waals surface area contributed by atoms with E-state index in [-0.39, 0.29) is 6.09 Å². The highest BCUT2D eigenvalue weighted by atomic mass is 32.1. The molecular formula is C14H22N2O4S. The summed E-state index contributed by atoms with van der Waals surface area (Å²) in [6, 6.07) is 0. The van der Waals surface area contributed by atoms with Crippen molar-refractivity contribution in [3.63, 3.8) is 0 Å². The summed E-state index contributed by atoms with van der Waals surface area (Å²) in [6.45, 7) is 8.03. The number of ether oxygens (including phenoxy) is 2. The first kappa shape index (κ1) is 17.4. The molecule has 0 saturated heterocycles. The van der Waals surface area contributed by atoms with E-state index >= 15 is 0 Å². The lowest BCUT2D eigenvalue weighted by Gasteiger charge is -2.24. The Morgan fingerprint density at radius 3 is 2.62 bits per heavy atom. The van der Waals surface area contributed by atoms with E-state index in [1.807, 2.05) is 20.8 Å². The van der Waals surface area contributed by atoms with Crippen molar-refractivity contribution in [2.75, 3.05) is 20.2 Å². The number of rotatable bonds is 5. The summed E-state index contributed by atoms with van der Waals surface area (Å²) >= 11 is 1.38. The smallest absolute Gasteiger partial charge is 0.410 e. The summed E-state index contributed by atoms with van der Waals surface area (Å²) in [7, 11) is 1.67. The van der Waals surface area contributed by atoms with Gasteiger partial charge in [-0.2, -0.15) is 0 Å². The lowest BCUT2D eigenvalue weighted by molar-refractivity contribution is 0.0300. The van der Waals surface area contributed by atoms with Gasteiger partial charge in [-0.15, -0.1) is 11.3 Å². The number of amides is 1. The van der Waals surface area contributed by atoms with E-state index in [4.69, 9.17) is 9.47 Å². The molecule has 7 heteroatoms. The minimum Gasteiger partial charge on any atom is -0.461 e. The molecule has 0 aliphatic heterocycles. The lowest BCUT2D eigenvalue weighted by Crippen LogP contribution is -2.35. The molecule has 1 amide bonds. The molecule has 0 N–H and O–H groups in total. The number of carbonyl (C=O) groups is 2. The highest BCUT2D eigenvalue weighted by Crippen LogP contribution is 2.13. The maximum Gasteiger partial charge on any atom is 0.410 e. The van der Waals surface area contributed by atoms with Gasteiger partial charge in [0.25, 0.3) is 0 Å². The SMILES string of the molecule is CCOC(=O)c1csc(CCN(C)C(=O)OC(C)(C)C)n1. The Morgan fingerprint density at radius 2 is 2.05 bits per heavy atom. The van der Waals surface area contributed by atoms with Crippen molar-refractivity contribution < 1.29 is 19.1 Å². The van der Waals surface area contributed by atoms with Crippen LogP contribution in [0.2, 0.25) is 0 Å². The molecule has 0 aliphatic rings. The number of hydrogen-bond donors (Lipinski definition) is 0. The average Bonchev–Trinajstić information content (AvgIpc) is 2.83. The standard InChI is InChI=1S/C14H22N2O4S/c1-6-19-12(17)10-9-21-11(15-10)7-8-16(5)13(18)20-14(2,3)4/h9H,6-8H2,1-5H3. The van der Waals surface area contributed by atoms with Crippen LogP contribution in [-0.4, -0.2) is 47.7 Å². The Bertz CT molecular complexity index is 493. The minimum atomic E-state index is -0.510. The van der Waals surface area contributed by atoms with Crippen LogP contribution in [0.4, 0.5) is 4.79 Å². The van der Waals surface area contributed by atoms with Crippen LogP contribution in [0.15, 0.2) is 5.38 Å². The van der Waals surface area contributed by atoms with E-state index in [9.17, 15) is 9.59 Å². The number of carbonyl (C=O) groups excluding carboxylic acids is 2. The predicted octanol–water partition coefficient (Wildman–Crippen LogP) is 2.73. The van der Waals surface area contributed by atoms with Crippen molar-refractivity contribution in [2.24, 2.45) is 0 Å². The molecule has 0 fully saturated rings. The number of aromatic nitrogens is 1. The molecule has 0 unspecified atom stereocenters. The highest BCUT2D eigenvalue weighted by molar-refractivity contribution is 7.09. The van der Waals surface area contributed by atoms with Gasteiger partial charge in [-0.05, 0) is 27.7 Å². The maximum absolute atomic E-state index is 11.8. The third-order valence-corrected chi connectivity index (χ3v) is 3.31. The molecular weight excluding hydrogens is 292 g/mol. The van der Waals surface area contributed by atoms with Crippen molar-refractivity contribution in [1.82, 2.24) is 9.88 Å². The van der Waals surface area contributed by atoms with E-state index < -0.39 is 11.6 Å². The zero-order valence-corrected chi connectivity index (χ0v) is 14.0. The highest BCUT2D eigenvalue weighted by Gasteiger charge is 2.20. The lowest BCUT2D eigenvalue weighted by atomic mass is 10.2. The zero-order valence-electron chi connectivity index (χ0n) is 13.1. The third kappa shape index (κ3) is 6.12. The van der Waals surface area contributed by atoms with E-state index in [0.717, 1.165) is 5.01 Å². The van der Waals surface area contributed by atoms with Crippen molar-refractivity contribution in [3.8, 4) is 0 Å². The molecule has 0 aromatic carbocycles. The first-order valence-corrected chi connectivity index (χ1v) is 7.66. The molecule has 1 heterocycles. The second-order valence-electron chi connectivity index (χ2n) is 5.50. The van der Waals surface area contributed by atoms with Crippen LogP contribution in [0.1, 0.15) is 43.2 Å². The van der Waals surface area contributed by atoms with Gasteiger partial charge in [0, 0.05) is 25.4 Å². The van der Waals surface area contributed by atoms with Gasteiger partial charge in [0.05, 0.1) is 11.6 Å². The van der Waals surface area contributed by atoms with Gasteiger partial charge in [0.2, 0.25) is 0 Å². The maximum atomic E-state index is 11.8. The van der Waals surface area contributed by atoms with Gasteiger partial charge in [-0.25, -0.2) is 14.6 Å². The van der Waals surface area contributed by atoms with Crippen LogP contribution in [0.5, 0.6) is 0 Å². The molecule has 1 aromatic heterocycles. The fourth-order valence-electron chi connectivity index (χ4n) is 1.42. The van der Waals surface area contributed by atoms with Gasteiger partial charge >= 0.3 is 12.1 Å². The Hall–Kier alpha value is -1.63. The van der Waals surface area contributed by atoms with Crippen LogP contribution in [0.3, 0.4) is 0 Å². The summed E-state index contributed by atoms with van der Waals surface area (Å²) in [6.07, 6.45) is 0.199. The van der Waals surface area contributed by atoms with Crippen LogP contribution in [0.25, 0.3) is 0 Å². The number of hydrogen-bond acceptors (Lipinski definition) is 6. The van der Waals surface area contributed by atoms with Crippen molar-refractivity contribution in [1.29, 1.82) is 0 Å². The van der Waals surface area contributed by atoms with Crippen molar-refractivity contribution in [3.05, 3.63) is 16.1 Å². The van der Waals surface area contributed by atoms with Gasteiger partial charge in [0.15, 0.2) is 5.69 Å². The third-order valence-electron chi connectivity index (χ3n) is 2.40. The molecule has 1 aromatic rings. The predicted molar refractivity (Wildman–Crippen MR) is 80.6 cm³/mol. The van der Waals surface area contributed by atoms with Crippen LogP contribution >= 0.6 is 11.3 Å². The van der Waals surface area contributed by atoms with E-state index in [2.05, 4.69) is 4.98 Å². The Morgan fingerprint density at radius 1 is 1.38 bits per heavy atom. The van der Waals surface area contributed by atoms with E-state index in [1.165, 1.54) is 16.2 Å². The summed E-state index contributed by atoms with van der Waals surface area (Å²) in [5.74, 6) is -0.416. The number of likely N-dealkylation sites (N-methyl/N-ethyl adjacent to an activating group) is 1. The normalized spacial score (nSPS) is 11.1. The Labute approximate surface area is 129 Å². The molecule has 1 rings (SSSR count). The topological polar surface area (TPSA) is 68.7 Å². The van der Waals surface area contributed by atoms with Crippen molar-refractivity contribution in [2.45, 2.75) is 39.7 Å². The molecule has 0 saturated carbocycles. The molecule has 0 aliphatic carbocycles. The van der Waals surface area contributed by atoms with E-state index in [0.29, 0.717) is 25.3 Å². The minimum absolute atomic E-state index is 0.316. The first-order valence-electron chi connectivity index (χ1n) is 6.78. The zero-order chi connectivity index (χ0) is 16.0. The van der Waals surface area contributed by atoms with Crippen LogP contribution in [-0.2, 0) is 15.9 Å². The monoisotopic (exact) mass is 314 g/mol. The molecule has 0 bridgehead atoms. The number of nitrogens with zero attached hydrogens (tertiary/aromatic N) is 2. The summed E-state index contributed by atoms with van der Waals surface area (Å²) in [4.78, 5) is 29.0. The molecule has 118 valence electrons. The summed E-state index contributed by atoms with van der Waals surface area (Å²) in [5, 5.41) is 2.45. The number of thiazole rings is 1. The molecule has 0 spiro atoms. The van der Waals surface area contributed by atoms with Crippen LogP contribution < -0.4 is 0 Å².